The van der Waals surface area contributed by atoms with Crippen LogP contribution >= 0.6 is 23.5 Å². The molecule has 1 saturated heterocycles. The van der Waals surface area contributed by atoms with Gasteiger partial charge in [0.25, 0.3) is 0 Å². The van der Waals surface area contributed by atoms with Crippen LogP contribution in [0.4, 0.5) is 5.82 Å². The van der Waals surface area contributed by atoms with Crippen molar-refractivity contribution >= 4 is 46.1 Å². The van der Waals surface area contributed by atoms with E-state index in [1.54, 1.807) is 11.9 Å². The van der Waals surface area contributed by atoms with Gasteiger partial charge >= 0.3 is 0 Å². The minimum atomic E-state index is 0.216. The number of nitrogen functional groups attached to an aromatic ring is 1. The molecule has 2 N–H and O–H groups in total. The Bertz CT molecular complexity index is 1330. The highest BCUT2D eigenvalue weighted by molar-refractivity contribution is 7.97. The topological polar surface area (TPSA) is 75.6 Å². The molecule has 38 heavy (non-hydrogen) atoms. The number of nitrogens with zero attached hydrogens (tertiary/aromatic N) is 6. The van der Waals surface area contributed by atoms with Gasteiger partial charge in [-0.2, -0.15) is 10.1 Å². The van der Waals surface area contributed by atoms with Gasteiger partial charge in [0.15, 0.2) is 0 Å². The second-order valence-electron chi connectivity index (χ2n) is 11.6. The number of fused-ring (bicyclic) bond motifs is 1. The lowest BCUT2D eigenvalue weighted by molar-refractivity contribution is 0.142. The minimum Gasteiger partial charge on any atom is -0.383 e. The van der Waals surface area contributed by atoms with Crippen molar-refractivity contribution in [1.29, 1.82) is 0 Å². The summed E-state index contributed by atoms with van der Waals surface area (Å²) in [5.74, 6) is 3.08. The van der Waals surface area contributed by atoms with Crippen LogP contribution < -0.4 is 5.73 Å². The third-order valence-electron chi connectivity index (χ3n) is 9.06. The molecule has 2 aromatic heterocycles. The van der Waals surface area contributed by atoms with Crippen LogP contribution in [-0.4, -0.2) is 55.7 Å². The highest BCUT2D eigenvalue weighted by Gasteiger charge is 2.36. The summed E-state index contributed by atoms with van der Waals surface area (Å²) in [5.41, 5.74) is 9.43. The fraction of sp³-hybridized carbons (Fsp3) is 0.552. The summed E-state index contributed by atoms with van der Waals surface area (Å²) in [7, 11) is 0. The molecule has 0 bridgehead atoms. The third kappa shape index (κ3) is 5.03. The molecule has 4 aliphatic rings. The second-order valence-corrected chi connectivity index (χ2v) is 13.0. The summed E-state index contributed by atoms with van der Waals surface area (Å²) >= 11 is 8.00. The first-order valence-electron chi connectivity index (χ1n) is 14.2. The number of hydrogen-bond donors (Lipinski definition) is 1. The van der Waals surface area contributed by atoms with Crippen molar-refractivity contribution in [3.8, 4) is 0 Å². The third-order valence-corrected chi connectivity index (χ3v) is 10.2. The predicted molar refractivity (Wildman–Crippen MR) is 155 cm³/mol. The standard InChI is InChI=1S/C29H36ClN7S/c30-29-32-27(31)26-24(25-12-15-37(34-25)38-23-4-2-1-3-5-23)18-36(28(26)33-29)22-9-8-21(16-22)20-10-13-35(14-11-20)17-19-6-7-19/h1-5,18-22H,6-17H2,(H2,31,32,33). The molecule has 2 unspecified atom stereocenters. The molecule has 4 heterocycles. The van der Waals surface area contributed by atoms with E-state index in [4.69, 9.17) is 27.4 Å². The Kier molecular flexibility index (Phi) is 6.74. The van der Waals surface area contributed by atoms with Crippen LogP contribution in [-0.2, 0) is 0 Å². The van der Waals surface area contributed by atoms with Gasteiger partial charge in [0.1, 0.15) is 11.5 Å². The average molecular weight is 550 g/mol. The zero-order valence-electron chi connectivity index (χ0n) is 21.8. The van der Waals surface area contributed by atoms with Gasteiger partial charge in [0.2, 0.25) is 5.28 Å². The molecule has 7 rings (SSSR count). The van der Waals surface area contributed by atoms with Crippen molar-refractivity contribution in [2.24, 2.45) is 22.9 Å². The summed E-state index contributed by atoms with van der Waals surface area (Å²) in [5, 5.41) is 6.09. The lowest BCUT2D eigenvalue weighted by atomic mass is 9.83. The number of nitrogens with two attached hydrogens (primary N) is 1. The maximum absolute atomic E-state index is 6.46. The molecule has 9 heteroatoms. The summed E-state index contributed by atoms with van der Waals surface area (Å²) < 4.78 is 4.42. The van der Waals surface area contributed by atoms with E-state index < -0.39 is 0 Å². The second kappa shape index (κ2) is 10.4. The Morgan fingerprint density at radius 3 is 2.55 bits per heavy atom. The summed E-state index contributed by atoms with van der Waals surface area (Å²) in [6.07, 6.45) is 12.4. The fourth-order valence-corrected chi connectivity index (χ4v) is 7.90. The van der Waals surface area contributed by atoms with E-state index in [2.05, 4.69) is 49.3 Å². The molecule has 2 saturated carbocycles. The maximum atomic E-state index is 6.46. The number of halogens is 1. The van der Waals surface area contributed by atoms with E-state index in [0.29, 0.717) is 11.9 Å². The van der Waals surface area contributed by atoms with Gasteiger partial charge in [0, 0.05) is 47.6 Å². The first-order valence-corrected chi connectivity index (χ1v) is 15.4. The van der Waals surface area contributed by atoms with Crippen molar-refractivity contribution in [3.63, 3.8) is 0 Å². The minimum absolute atomic E-state index is 0.216. The van der Waals surface area contributed by atoms with Crippen LogP contribution in [0.25, 0.3) is 11.0 Å². The zero-order valence-corrected chi connectivity index (χ0v) is 23.4. The molecule has 3 fully saturated rings. The average Bonchev–Trinajstić information content (AvgIpc) is 3.28. The van der Waals surface area contributed by atoms with Crippen LogP contribution in [0.5, 0.6) is 0 Å². The van der Waals surface area contributed by atoms with Crippen molar-refractivity contribution in [1.82, 2.24) is 23.8 Å². The molecule has 7 nitrogen and oxygen atoms in total. The van der Waals surface area contributed by atoms with Gasteiger partial charge < -0.3 is 15.2 Å². The molecule has 2 atom stereocenters. The molecule has 2 aliphatic heterocycles. The molecule has 1 aromatic carbocycles. The number of piperidine rings is 1. The highest BCUT2D eigenvalue weighted by Crippen LogP contribution is 2.45. The largest absolute Gasteiger partial charge is 0.383 e. The van der Waals surface area contributed by atoms with E-state index in [0.717, 1.165) is 53.0 Å². The number of hydrazone groups is 1. The number of anilines is 1. The molecule has 200 valence electrons. The first-order chi connectivity index (χ1) is 18.6. The predicted octanol–water partition coefficient (Wildman–Crippen LogP) is 6.25. The fourth-order valence-electron chi connectivity index (χ4n) is 6.88. The van der Waals surface area contributed by atoms with Gasteiger partial charge in [-0.05, 0) is 99.5 Å². The Morgan fingerprint density at radius 1 is 0.947 bits per heavy atom. The Labute approximate surface area is 233 Å². The lowest BCUT2D eigenvalue weighted by Crippen LogP contribution is -2.37. The molecular weight excluding hydrogens is 514 g/mol. The highest BCUT2D eigenvalue weighted by atomic mass is 35.5. The number of benzene rings is 1. The van der Waals surface area contributed by atoms with Crippen LogP contribution in [0.3, 0.4) is 0 Å². The lowest BCUT2D eigenvalue weighted by Gasteiger charge is -2.35. The number of rotatable bonds is 7. The van der Waals surface area contributed by atoms with Gasteiger partial charge in [-0.15, -0.1) is 0 Å². The van der Waals surface area contributed by atoms with Gasteiger partial charge in [-0.1, -0.05) is 18.2 Å². The van der Waals surface area contributed by atoms with E-state index >= 15 is 0 Å². The Balaban J connectivity index is 1.11. The quantitative estimate of drug-likeness (QED) is 0.277. The molecule has 3 aromatic rings. The van der Waals surface area contributed by atoms with Crippen molar-refractivity contribution in [3.05, 3.63) is 47.4 Å². The Hall–Kier alpha value is -2.29. The van der Waals surface area contributed by atoms with Crippen molar-refractivity contribution in [2.75, 3.05) is 31.9 Å². The van der Waals surface area contributed by atoms with Crippen LogP contribution in [0.15, 0.2) is 46.5 Å². The Morgan fingerprint density at radius 2 is 1.76 bits per heavy atom. The smallest absolute Gasteiger partial charge is 0.226 e. The first kappa shape index (κ1) is 24.7. The number of aromatic nitrogens is 3. The van der Waals surface area contributed by atoms with Crippen molar-refractivity contribution < 1.29 is 0 Å². The SMILES string of the molecule is Nc1nc(Cl)nc2c1c(C1=NN(Sc3ccccc3)CC1)cn2C1CCC(C2CCN(CC3CC3)CC2)C1. The molecule has 0 spiro atoms. The molecule has 0 radical (unpaired) electrons. The van der Waals surface area contributed by atoms with Crippen LogP contribution in [0.1, 0.15) is 63.0 Å². The van der Waals surface area contributed by atoms with E-state index in [9.17, 15) is 0 Å². The maximum Gasteiger partial charge on any atom is 0.226 e. The van der Waals surface area contributed by atoms with E-state index in [-0.39, 0.29) is 5.28 Å². The molecular formula is C29H36ClN7S. The number of likely N-dealkylation sites (tertiary alicyclic amines) is 1. The van der Waals surface area contributed by atoms with Gasteiger partial charge in [-0.3, -0.25) is 0 Å². The van der Waals surface area contributed by atoms with Gasteiger partial charge in [-0.25, -0.2) is 9.40 Å². The summed E-state index contributed by atoms with van der Waals surface area (Å²) in [4.78, 5) is 12.9. The summed E-state index contributed by atoms with van der Waals surface area (Å²) in [6, 6.07) is 10.8. The monoisotopic (exact) mass is 549 g/mol. The molecule has 2 aliphatic carbocycles. The van der Waals surface area contributed by atoms with Crippen molar-refractivity contribution in [2.45, 2.75) is 62.3 Å². The normalized spacial score (nSPS) is 25.0. The van der Waals surface area contributed by atoms with Crippen LogP contribution in [0.2, 0.25) is 5.28 Å². The number of hydrogen-bond acceptors (Lipinski definition) is 7. The van der Waals surface area contributed by atoms with Gasteiger partial charge in [0.05, 0.1) is 17.6 Å². The van der Waals surface area contributed by atoms with E-state index in [1.165, 1.54) is 69.5 Å². The summed E-state index contributed by atoms with van der Waals surface area (Å²) in [6.45, 7) is 4.78. The van der Waals surface area contributed by atoms with E-state index in [1.807, 2.05) is 6.07 Å². The zero-order chi connectivity index (χ0) is 25.6. The van der Waals surface area contributed by atoms with Crippen LogP contribution in [0, 0.1) is 17.8 Å². The molecule has 0 amide bonds.